The van der Waals surface area contributed by atoms with E-state index in [4.69, 9.17) is 0 Å². The predicted octanol–water partition coefficient (Wildman–Crippen LogP) is 3.91. The molecule has 0 unspecified atom stereocenters. The molecule has 1 heterocycles. The monoisotopic (exact) mass is 334 g/mol. The van der Waals surface area contributed by atoms with Crippen LogP contribution in [0.1, 0.15) is 27.8 Å². The molecule has 0 radical (unpaired) electrons. The van der Waals surface area contributed by atoms with Crippen LogP contribution in [0, 0.1) is 34.6 Å². The molecule has 0 bridgehead atoms. The Morgan fingerprint density at radius 3 is 2.08 bits per heavy atom. The number of aryl methyl sites for hydroxylation is 5. The molecule has 0 spiro atoms. The average Bonchev–Trinajstić information content (AvgIpc) is 2.52. The lowest BCUT2D eigenvalue weighted by Gasteiger charge is -2.14. The van der Waals surface area contributed by atoms with Crippen LogP contribution in [0.5, 0.6) is 0 Å². The highest BCUT2D eigenvalue weighted by Crippen LogP contribution is 2.24. The average molecular weight is 334 g/mol. The van der Waals surface area contributed by atoms with Crippen molar-refractivity contribution in [1.29, 1.82) is 0 Å². The number of para-hydroxylation sites is 1. The molecule has 25 heavy (non-hydrogen) atoms. The van der Waals surface area contributed by atoms with Gasteiger partial charge in [0, 0.05) is 5.69 Å². The number of anilines is 2. The van der Waals surface area contributed by atoms with Crippen LogP contribution in [0.4, 0.5) is 11.6 Å². The van der Waals surface area contributed by atoms with Gasteiger partial charge in [-0.15, -0.1) is 0 Å². The van der Waals surface area contributed by atoms with E-state index in [9.17, 15) is 4.79 Å². The second-order valence-corrected chi connectivity index (χ2v) is 6.47. The first kappa shape index (κ1) is 16.9. The summed E-state index contributed by atoms with van der Waals surface area (Å²) in [6.07, 6.45) is 1.53. The van der Waals surface area contributed by atoms with E-state index in [2.05, 4.69) is 34.3 Å². The van der Waals surface area contributed by atoms with Crippen LogP contribution in [0.2, 0.25) is 0 Å². The number of rotatable bonds is 3. The summed E-state index contributed by atoms with van der Waals surface area (Å²) in [5.74, 6) is 0.308. The molecule has 0 aliphatic rings. The Morgan fingerprint density at radius 2 is 1.52 bits per heavy atom. The van der Waals surface area contributed by atoms with Crippen molar-refractivity contribution in [2.45, 2.75) is 34.6 Å². The standard InChI is InChI=1S/C20H22N4O/c1-12-9-15(4)17(16(5)10-12)22-19-21-11-24(20(25)23-19)18-13(2)7-6-8-14(18)3/h6-11H,1-5H3,(H,22,23,25). The summed E-state index contributed by atoms with van der Waals surface area (Å²) < 4.78 is 1.49. The SMILES string of the molecule is Cc1cc(C)c(Nc2ncn(-c3c(C)cccc3C)c(=O)n2)c(C)c1. The van der Waals surface area contributed by atoms with Crippen LogP contribution in [-0.4, -0.2) is 14.5 Å². The quantitative estimate of drug-likeness (QED) is 0.789. The van der Waals surface area contributed by atoms with E-state index >= 15 is 0 Å². The zero-order valence-electron chi connectivity index (χ0n) is 15.2. The topological polar surface area (TPSA) is 59.8 Å². The van der Waals surface area contributed by atoms with Crippen LogP contribution in [0.3, 0.4) is 0 Å². The van der Waals surface area contributed by atoms with Crippen LogP contribution >= 0.6 is 0 Å². The van der Waals surface area contributed by atoms with E-state index in [0.29, 0.717) is 5.95 Å². The summed E-state index contributed by atoms with van der Waals surface area (Å²) in [6.45, 7) is 10.1. The van der Waals surface area contributed by atoms with Gasteiger partial charge < -0.3 is 5.32 Å². The van der Waals surface area contributed by atoms with E-state index in [1.807, 2.05) is 45.9 Å². The van der Waals surface area contributed by atoms with Gasteiger partial charge in [0.05, 0.1) is 5.69 Å². The van der Waals surface area contributed by atoms with E-state index in [-0.39, 0.29) is 5.69 Å². The molecule has 5 heteroatoms. The Hall–Kier alpha value is -2.95. The second-order valence-electron chi connectivity index (χ2n) is 6.47. The van der Waals surface area contributed by atoms with Crippen LogP contribution in [-0.2, 0) is 0 Å². The van der Waals surface area contributed by atoms with E-state index in [1.165, 1.54) is 16.5 Å². The molecule has 0 aliphatic heterocycles. The summed E-state index contributed by atoms with van der Waals surface area (Å²) in [4.78, 5) is 21.0. The molecule has 5 nitrogen and oxygen atoms in total. The van der Waals surface area contributed by atoms with Gasteiger partial charge in [-0.05, 0) is 56.9 Å². The molecule has 0 saturated carbocycles. The first-order chi connectivity index (χ1) is 11.9. The minimum absolute atomic E-state index is 0.308. The van der Waals surface area contributed by atoms with Gasteiger partial charge in [-0.2, -0.15) is 4.98 Å². The molecule has 3 rings (SSSR count). The Kier molecular flexibility index (Phi) is 4.40. The van der Waals surface area contributed by atoms with Crippen molar-refractivity contribution < 1.29 is 0 Å². The smallest absolute Gasteiger partial charge is 0.324 e. The van der Waals surface area contributed by atoms with Crippen LogP contribution in [0.15, 0.2) is 41.5 Å². The predicted molar refractivity (Wildman–Crippen MR) is 101 cm³/mol. The molecule has 128 valence electrons. The van der Waals surface area contributed by atoms with Gasteiger partial charge in [-0.1, -0.05) is 35.9 Å². The number of nitrogens with zero attached hydrogens (tertiary/aromatic N) is 3. The molecule has 0 aliphatic carbocycles. The van der Waals surface area contributed by atoms with Crippen molar-refractivity contribution in [3.8, 4) is 5.69 Å². The lowest BCUT2D eigenvalue weighted by Crippen LogP contribution is -2.24. The van der Waals surface area contributed by atoms with Crippen LogP contribution in [0.25, 0.3) is 5.69 Å². The Balaban J connectivity index is 2.00. The molecular weight excluding hydrogens is 312 g/mol. The van der Waals surface area contributed by atoms with Crippen molar-refractivity contribution in [1.82, 2.24) is 14.5 Å². The lowest BCUT2D eigenvalue weighted by molar-refractivity contribution is 0.853. The maximum absolute atomic E-state index is 12.5. The molecule has 0 fully saturated rings. The Labute approximate surface area is 147 Å². The highest BCUT2D eigenvalue weighted by molar-refractivity contribution is 5.63. The van der Waals surface area contributed by atoms with E-state index in [1.54, 1.807) is 0 Å². The Bertz CT molecular complexity index is 962. The van der Waals surface area contributed by atoms with Crippen molar-refractivity contribution >= 4 is 11.6 Å². The summed E-state index contributed by atoms with van der Waals surface area (Å²) in [5, 5.41) is 3.18. The summed E-state index contributed by atoms with van der Waals surface area (Å²) in [6, 6.07) is 10.1. The molecule has 0 amide bonds. The van der Waals surface area contributed by atoms with Gasteiger partial charge in [-0.3, -0.25) is 4.57 Å². The van der Waals surface area contributed by atoms with Crippen molar-refractivity contribution in [3.05, 3.63) is 75.0 Å². The number of hydrogen-bond donors (Lipinski definition) is 1. The largest absolute Gasteiger partial charge is 0.356 e. The fraction of sp³-hybridized carbons (Fsp3) is 0.250. The van der Waals surface area contributed by atoms with Gasteiger partial charge in [0.15, 0.2) is 0 Å². The van der Waals surface area contributed by atoms with Crippen LogP contribution < -0.4 is 11.0 Å². The maximum Gasteiger partial charge on any atom is 0.356 e. The Morgan fingerprint density at radius 1 is 0.920 bits per heavy atom. The van der Waals surface area contributed by atoms with Crippen molar-refractivity contribution in [3.63, 3.8) is 0 Å². The van der Waals surface area contributed by atoms with Gasteiger partial charge >= 0.3 is 5.69 Å². The molecular formula is C20H22N4O. The zero-order valence-corrected chi connectivity index (χ0v) is 15.2. The number of aromatic nitrogens is 3. The first-order valence-corrected chi connectivity index (χ1v) is 8.24. The van der Waals surface area contributed by atoms with Gasteiger partial charge in [0.25, 0.3) is 0 Å². The number of nitrogens with one attached hydrogen (secondary N) is 1. The van der Waals surface area contributed by atoms with E-state index < -0.39 is 0 Å². The molecule has 0 saturated heterocycles. The molecule has 0 atom stereocenters. The van der Waals surface area contributed by atoms with Gasteiger partial charge in [0.2, 0.25) is 5.95 Å². The third-order valence-corrected chi connectivity index (χ3v) is 4.30. The number of hydrogen-bond acceptors (Lipinski definition) is 4. The number of benzene rings is 2. The van der Waals surface area contributed by atoms with Crippen molar-refractivity contribution in [2.24, 2.45) is 0 Å². The normalized spacial score (nSPS) is 10.8. The fourth-order valence-electron chi connectivity index (χ4n) is 3.22. The molecule has 1 aromatic heterocycles. The first-order valence-electron chi connectivity index (χ1n) is 8.24. The molecule has 2 aromatic carbocycles. The van der Waals surface area contributed by atoms with Gasteiger partial charge in [-0.25, -0.2) is 9.78 Å². The minimum Gasteiger partial charge on any atom is -0.324 e. The molecule has 3 aromatic rings. The zero-order chi connectivity index (χ0) is 18.1. The summed E-state index contributed by atoms with van der Waals surface area (Å²) in [5.41, 5.74) is 6.84. The molecule has 1 N–H and O–H groups in total. The van der Waals surface area contributed by atoms with E-state index in [0.717, 1.165) is 33.6 Å². The second kappa shape index (κ2) is 6.51. The lowest BCUT2D eigenvalue weighted by atomic mass is 10.1. The third kappa shape index (κ3) is 3.31. The summed E-state index contributed by atoms with van der Waals surface area (Å²) >= 11 is 0. The fourth-order valence-corrected chi connectivity index (χ4v) is 3.22. The minimum atomic E-state index is -0.350. The van der Waals surface area contributed by atoms with Crippen molar-refractivity contribution in [2.75, 3.05) is 5.32 Å². The highest BCUT2D eigenvalue weighted by Gasteiger charge is 2.11. The third-order valence-electron chi connectivity index (χ3n) is 4.30. The maximum atomic E-state index is 12.5. The van der Waals surface area contributed by atoms with Gasteiger partial charge in [0.1, 0.15) is 6.33 Å². The summed E-state index contributed by atoms with van der Waals surface area (Å²) in [7, 11) is 0. The highest BCUT2D eigenvalue weighted by atomic mass is 16.1.